The Bertz CT molecular complexity index is 393. The number of thioether (sulfide) groups is 1. The summed E-state index contributed by atoms with van der Waals surface area (Å²) in [5.74, 6) is 6.12. The molecule has 3 nitrogen and oxygen atoms in total. The van der Waals surface area contributed by atoms with Crippen LogP contribution in [-0.2, 0) is 0 Å². The molecule has 0 heterocycles. The van der Waals surface area contributed by atoms with E-state index in [0.717, 1.165) is 0 Å². The summed E-state index contributed by atoms with van der Waals surface area (Å²) in [5, 5.41) is 0. The lowest BCUT2D eigenvalue weighted by Crippen LogP contribution is -2.31. The van der Waals surface area contributed by atoms with Gasteiger partial charge in [-0.25, -0.2) is 4.39 Å². The zero-order chi connectivity index (χ0) is 13.8. The summed E-state index contributed by atoms with van der Waals surface area (Å²) in [6, 6.07) is 4.86. The molecule has 0 aliphatic heterocycles. The molecule has 1 atom stereocenters. The highest BCUT2D eigenvalue weighted by Gasteiger charge is 2.20. The van der Waals surface area contributed by atoms with Crippen LogP contribution in [0, 0.1) is 5.82 Å². The monoisotopic (exact) mass is 272 g/mol. The van der Waals surface area contributed by atoms with E-state index in [-0.39, 0.29) is 22.4 Å². The topological polar surface area (TPSA) is 47.3 Å². The minimum Gasteiger partial charge on any atom is -0.494 e. The maximum Gasteiger partial charge on any atom is 0.169 e. The van der Waals surface area contributed by atoms with Crippen LogP contribution in [0.2, 0.25) is 0 Å². The molecule has 0 amide bonds. The molecule has 0 aliphatic carbocycles. The largest absolute Gasteiger partial charge is 0.494 e. The average molecular weight is 272 g/mol. The van der Waals surface area contributed by atoms with E-state index < -0.39 is 0 Å². The van der Waals surface area contributed by atoms with Gasteiger partial charge < -0.3 is 4.74 Å². The highest BCUT2D eigenvalue weighted by molar-refractivity contribution is 8.00. The third-order valence-corrected chi connectivity index (χ3v) is 3.84. The number of halogens is 1. The smallest absolute Gasteiger partial charge is 0.169 e. The molecule has 0 aliphatic rings. The Balaban J connectivity index is 2.88. The Hall–Kier alpha value is -0.780. The third-order valence-electron chi connectivity index (χ3n) is 2.47. The Morgan fingerprint density at radius 2 is 2.11 bits per heavy atom. The summed E-state index contributed by atoms with van der Waals surface area (Å²) in [4.78, 5) is 0. The van der Waals surface area contributed by atoms with Crippen molar-refractivity contribution in [1.29, 1.82) is 0 Å². The molecular formula is C13H21FN2OS. The molecule has 1 aromatic rings. The number of hydrazine groups is 1. The van der Waals surface area contributed by atoms with Crippen molar-refractivity contribution in [3.8, 4) is 5.75 Å². The van der Waals surface area contributed by atoms with Crippen molar-refractivity contribution in [1.82, 2.24) is 5.43 Å². The average Bonchev–Trinajstić information content (AvgIpc) is 2.30. The molecule has 5 heteroatoms. The van der Waals surface area contributed by atoms with E-state index in [9.17, 15) is 4.39 Å². The van der Waals surface area contributed by atoms with E-state index in [1.54, 1.807) is 30.0 Å². The third kappa shape index (κ3) is 4.15. The summed E-state index contributed by atoms with van der Waals surface area (Å²) in [7, 11) is 1.46. The van der Waals surface area contributed by atoms with Crippen LogP contribution >= 0.6 is 11.8 Å². The van der Waals surface area contributed by atoms with Crippen molar-refractivity contribution in [2.24, 2.45) is 5.84 Å². The quantitative estimate of drug-likeness (QED) is 0.639. The Labute approximate surface area is 112 Å². The number of nitrogens with two attached hydrogens (primary N) is 1. The van der Waals surface area contributed by atoms with Gasteiger partial charge in [-0.3, -0.25) is 11.3 Å². The SMILES string of the molecule is COc1cccc(C(CSC(C)(C)C)NN)c1F. The van der Waals surface area contributed by atoms with Gasteiger partial charge in [0.2, 0.25) is 0 Å². The van der Waals surface area contributed by atoms with Crippen molar-refractivity contribution >= 4 is 11.8 Å². The standard InChI is InChI=1S/C13H21FN2OS/c1-13(2,3)18-8-10(16-15)9-6-5-7-11(17-4)12(9)14/h5-7,10,16H,8,15H2,1-4H3. The second-order valence-corrected chi connectivity index (χ2v) is 6.85. The lowest BCUT2D eigenvalue weighted by Gasteiger charge is -2.23. The predicted molar refractivity (Wildman–Crippen MR) is 75.2 cm³/mol. The second kappa shape index (κ2) is 6.41. The van der Waals surface area contributed by atoms with E-state index in [1.807, 2.05) is 0 Å². The number of hydrogen-bond donors (Lipinski definition) is 2. The molecule has 0 bridgehead atoms. The van der Waals surface area contributed by atoms with Crippen molar-refractivity contribution in [2.75, 3.05) is 12.9 Å². The van der Waals surface area contributed by atoms with Gasteiger partial charge in [-0.15, -0.1) is 0 Å². The van der Waals surface area contributed by atoms with Gasteiger partial charge in [0, 0.05) is 16.1 Å². The molecule has 0 saturated carbocycles. The molecule has 0 fully saturated rings. The molecule has 102 valence electrons. The number of methoxy groups -OCH3 is 1. The van der Waals surface area contributed by atoms with Crippen LogP contribution in [0.25, 0.3) is 0 Å². The van der Waals surface area contributed by atoms with Crippen LogP contribution < -0.4 is 16.0 Å². The van der Waals surface area contributed by atoms with E-state index in [2.05, 4.69) is 26.2 Å². The second-order valence-electron chi connectivity index (χ2n) is 5.01. The van der Waals surface area contributed by atoms with E-state index in [4.69, 9.17) is 10.6 Å². The van der Waals surface area contributed by atoms with Gasteiger partial charge in [-0.1, -0.05) is 32.9 Å². The zero-order valence-corrected chi connectivity index (χ0v) is 12.1. The lowest BCUT2D eigenvalue weighted by atomic mass is 10.1. The first kappa shape index (κ1) is 15.3. The lowest BCUT2D eigenvalue weighted by molar-refractivity contribution is 0.381. The van der Waals surface area contributed by atoms with Crippen LogP contribution in [0.4, 0.5) is 4.39 Å². The maximum atomic E-state index is 14.1. The highest BCUT2D eigenvalue weighted by atomic mass is 32.2. The number of rotatable bonds is 5. The van der Waals surface area contributed by atoms with Crippen LogP contribution in [0.1, 0.15) is 32.4 Å². The first-order valence-electron chi connectivity index (χ1n) is 5.81. The molecule has 1 aromatic carbocycles. The molecule has 1 rings (SSSR count). The Morgan fingerprint density at radius 1 is 1.44 bits per heavy atom. The molecule has 0 spiro atoms. The molecule has 0 radical (unpaired) electrons. The first-order valence-corrected chi connectivity index (χ1v) is 6.80. The van der Waals surface area contributed by atoms with Crippen LogP contribution in [0.3, 0.4) is 0 Å². The summed E-state index contributed by atoms with van der Waals surface area (Å²) in [5.41, 5.74) is 3.20. The number of benzene rings is 1. The fourth-order valence-corrected chi connectivity index (χ4v) is 2.46. The van der Waals surface area contributed by atoms with Gasteiger partial charge in [-0.05, 0) is 6.07 Å². The van der Waals surface area contributed by atoms with E-state index >= 15 is 0 Å². The van der Waals surface area contributed by atoms with Crippen LogP contribution in [0.15, 0.2) is 18.2 Å². The molecule has 18 heavy (non-hydrogen) atoms. The van der Waals surface area contributed by atoms with E-state index in [1.165, 1.54) is 7.11 Å². The van der Waals surface area contributed by atoms with Crippen molar-refractivity contribution in [2.45, 2.75) is 31.6 Å². The Morgan fingerprint density at radius 3 is 2.61 bits per heavy atom. The van der Waals surface area contributed by atoms with Crippen molar-refractivity contribution in [3.63, 3.8) is 0 Å². The van der Waals surface area contributed by atoms with Gasteiger partial charge in [0.25, 0.3) is 0 Å². The van der Waals surface area contributed by atoms with Crippen LogP contribution in [0.5, 0.6) is 5.75 Å². The molecule has 3 N–H and O–H groups in total. The highest BCUT2D eigenvalue weighted by Crippen LogP contribution is 2.31. The predicted octanol–water partition coefficient (Wildman–Crippen LogP) is 2.87. The van der Waals surface area contributed by atoms with Gasteiger partial charge in [0.05, 0.1) is 13.2 Å². The van der Waals surface area contributed by atoms with Gasteiger partial charge in [0.15, 0.2) is 11.6 Å². The van der Waals surface area contributed by atoms with Gasteiger partial charge in [0.1, 0.15) is 0 Å². The minimum atomic E-state index is -0.350. The van der Waals surface area contributed by atoms with Gasteiger partial charge in [-0.2, -0.15) is 11.8 Å². The Kier molecular flexibility index (Phi) is 5.44. The maximum absolute atomic E-state index is 14.1. The van der Waals surface area contributed by atoms with Gasteiger partial charge >= 0.3 is 0 Å². The molecule has 0 aromatic heterocycles. The molecule has 1 unspecified atom stereocenters. The van der Waals surface area contributed by atoms with Crippen LogP contribution in [-0.4, -0.2) is 17.6 Å². The number of ether oxygens (including phenoxy) is 1. The zero-order valence-electron chi connectivity index (χ0n) is 11.3. The summed E-state index contributed by atoms with van der Waals surface area (Å²) in [6.45, 7) is 6.35. The summed E-state index contributed by atoms with van der Waals surface area (Å²) in [6.07, 6.45) is 0. The van der Waals surface area contributed by atoms with Crippen molar-refractivity contribution in [3.05, 3.63) is 29.6 Å². The minimum absolute atomic E-state index is 0.116. The normalized spacial score (nSPS) is 13.4. The summed E-state index contributed by atoms with van der Waals surface area (Å²) >= 11 is 1.73. The first-order chi connectivity index (χ1) is 8.39. The number of nitrogens with one attached hydrogen (secondary N) is 1. The van der Waals surface area contributed by atoms with E-state index in [0.29, 0.717) is 11.3 Å². The fraction of sp³-hybridized carbons (Fsp3) is 0.538. The molecular weight excluding hydrogens is 251 g/mol. The molecule has 0 saturated heterocycles. The fourth-order valence-electron chi connectivity index (χ4n) is 1.52. The summed E-state index contributed by atoms with van der Waals surface area (Å²) < 4.78 is 19.2. The number of hydrogen-bond acceptors (Lipinski definition) is 4. The van der Waals surface area contributed by atoms with Crippen molar-refractivity contribution < 1.29 is 9.13 Å².